The Morgan fingerprint density at radius 2 is 2.50 bits per heavy atom. The number of hydrogen-bond donors (Lipinski definition) is 1. The van der Waals surface area contributed by atoms with Crippen LogP contribution in [0, 0.1) is 0 Å². The van der Waals surface area contributed by atoms with Gasteiger partial charge < -0.3 is 9.73 Å². The van der Waals surface area contributed by atoms with Crippen LogP contribution in [0.15, 0.2) is 16.7 Å². The van der Waals surface area contributed by atoms with Gasteiger partial charge in [0.05, 0.1) is 11.8 Å². The standard InChI is InChI=1S/C7H7ClINO2/c8-6-5(1-4-12-6)7(11)10-3-2-9/h1,4H,2-3H2,(H,10,11). The fraction of sp³-hybridized carbons (Fsp3) is 0.286. The monoisotopic (exact) mass is 299 g/mol. The van der Waals surface area contributed by atoms with Crippen LogP contribution in [-0.2, 0) is 0 Å². The molecule has 66 valence electrons. The second-order valence-corrected chi connectivity index (χ2v) is 3.47. The average Bonchev–Trinajstić information content (AvgIpc) is 2.47. The van der Waals surface area contributed by atoms with Gasteiger partial charge in [-0.15, -0.1) is 0 Å². The Kier molecular flexibility index (Phi) is 3.87. The van der Waals surface area contributed by atoms with E-state index in [0.29, 0.717) is 12.1 Å². The largest absolute Gasteiger partial charge is 0.452 e. The third-order valence-electron chi connectivity index (χ3n) is 1.24. The summed E-state index contributed by atoms with van der Waals surface area (Å²) in [5, 5.41) is 2.82. The van der Waals surface area contributed by atoms with E-state index in [1.807, 2.05) is 0 Å². The molecule has 1 aromatic rings. The Balaban J connectivity index is 2.59. The molecule has 0 fully saturated rings. The Morgan fingerprint density at radius 3 is 3.00 bits per heavy atom. The van der Waals surface area contributed by atoms with E-state index in [2.05, 4.69) is 27.9 Å². The van der Waals surface area contributed by atoms with Crippen LogP contribution in [0.4, 0.5) is 0 Å². The summed E-state index contributed by atoms with van der Waals surface area (Å²) in [5.74, 6) is -0.189. The molecule has 0 aliphatic heterocycles. The number of rotatable bonds is 3. The summed E-state index contributed by atoms with van der Waals surface area (Å²) < 4.78 is 5.64. The maximum atomic E-state index is 11.2. The minimum absolute atomic E-state index is 0.140. The van der Waals surface area contributed by atoms with Gasteiger partial charge in [0.1, 0.15) is 0 Å². The Morgan fingerprint density at radius 1 is 1.75 bits per heavy atom. The van der Waals surface area contributed by atoms with Gasteiger partial charge in [0.15, 0.2) is 0 Å². The molecule has 1 aromatic heterocycles. The highest BCUT2D eigenvalue weighted by Gasteiger charge is 2.11. The van der Waals surface area contributed by atoms with Crippen molar-refractivity contribution in [1.82, 2.24) is 5.32 Å². The summed E-state index contributed by atoms with van der Waals surface area (Å²) in [7, 11) is 0. The second-order valence-electron chi connectivity index (χ2n) is 2.05. The highest BCUT2D eigenvalue weighted by Crippen LogP contribution is 2.15. The molecule has 0 saturated carbocycles. The molecule has 1 amide bonds. The fourth-order valence-electron chi connectivity index (χ4n) is 0.712. The van der Waals surface area contributed by atoms with Gasteiger partial charge in [-0.05, 0) is 17.7 Å². The van der Waals surface area contributed by atoms with E-state index in [-0.39, 0.29) is 11.1 Å². The van der Waals surface area contributed by atoms with Gasteiger partial charge in [0, 0.05) is 11.0 Å². The van der Waals surface area contributed by atoms with Crippen LogP contribution >= 0.6 is 34.2 Å². The number of nitrogens with one attached hydrogen (secondary N) is 1. The van der Waals surface area contributed by atoms with Gasteiger partial charge in [-0.25, -0.2) is 0 Å². The predicted molar refractivity (Wildman–Crippen MR) is 54.9 cm³/mol. The second kappa shape index (κ2) is 4.71. The zero-order valence-corrected chi connectivity index (χ0v) is 9.05. The molecular formula is C7H7ClINO2. The molecule has 0 bridgehead atoms. The first kappa shape index (κ1) is 9.85. The molecule has 0 unspecified atom stereocenters. The first-order valence-corrected chi connectivity index (χ1v) is 5.23. The number of carbonyl (C=O) groups is 1. The van der Waals surface area contributed by atoms with Crippen LogP contribution in [0.3, 0.4) is 0 Å². The summed E-state index contributed by atoms with van der Waals surface area (Å²) >= 11 is 7.76. The van der Waals surface area contributed by atoms with Crippen molar-refractivity contribution in [2.24, 2.45) is 0 Å². The van der Waals surface area contributed by atoms with Crippen molar-refractivity contribution in [2.75, 3.05) is 11.0 Å². The lowest BCUT2D eigenvalue weighted by atomic mass is 10.3. The molecule has 0 aliphatic carbocycles. The van der Waals surface area contributed by atoms with Crippen LogP contribution < -0.4 is 5.32 Å². The van der Waals surface area contributed by atoms with E-state index >= 15 is 0 Å². The van der Waals surface area contributed by atoms with Crippen LogP contribution in [-0.4, -0.2) is 16.9 Å². The van der Waals surface area contributed by atoms with Gasteiger partial charge in [0.25, 0.3) is 5.91 Å². The molecule has 3 nitrogen and oxygen atoms in total. The predicted octanol–water partition coefficient (Wildman–Crippen LogP) is 2.10. The van der Waals surface area contributed by atoms with Crippen LogP contribution in [0.25, 0.3) is 0 Å². The van der Waals surface area contributed by atoms with Gasteiger partial charge in [-0.2, -0.15) is 0 Å². The van der Waals surface area contributed by atoms with Crippen molar-refractivity contribution in [3.05, 3.63) is 23.1 Å². The lowest BCUT2D eigenvalue weighted by molar-refractivity contribution is 0.0956. The van der Waals surface area contributed by atoms with Crippen molar-refractivity contribution in [1.29, 1.82) is 0 Å². The lowest BCUT2D eigenvalue weighted by Crippen LogP contribution is -2.24. The third-order valence-corrected chi connectivity index (χ3v) is 2.07. The number of hydrogen-bond acceptors (Lipinski definition) is 2. The molecule has 5 heteroatoms. The molecule has 0 aromatic carbocycles. The van der Waals surface area contributed by atoms with Crippen molar-refractivity contribution in [2.45, 2.75) is 0 Å². The molecule has 12 heavy (non-hydrogen) atoms. The van der Waals surface area contributed by atoms with Gasteiger partial charge in [-0.1, -0.05) is 22.6 Å². The van der Waals surface area contributed by atoms with E-state index in [0.717, 1.165) is 4.43 Å². The van der Waals surface area contributed by atoms with Crippen LogP contribution in [0.1, 0.15) is 10.4 Å². The minimum atomic E-state index is -0.189. The third kappa shape index (κ3) is 2.38. The molecule has 1 N–H and O–H groups in total. The molecule has 0 atom stereocenters. The zero-order chi connectivity index (χ0) is 8.97. The Labute approximate surface area is 88.6 Å². The normalized spacial score (nSPS) is 9.83. The fourth-order valence-corrected chi connectivity index (χ4v) is 1.18. The van der Waals surface area contributed by atoms with E-state index in [9.17, 15) is 4.79 Å². The summed E-state index contributed by atoms with van der Waals surface area (Å²) in [5.41, 5.74) is 0.390. The number of carbonyl (C=O) groups excluding carboxylic acids is 1. The molecule has 1 heterocycles. The van der Waals surface area contributed by atoms with Crippen LogP contribution in [0.2, 0.25) is 5.22 Å². The van der Waals surface area contributed by atoms with Gasteiger partial charge in [0.2, 0.25) is 5.22 Å². The zero-order valence-electron chi connectivity index (χ0n) is 6.14. The summed E-state index contributed by atoms with van der Waals surface area (Å²) in [6.07, 6.45) is 1.39. The molecular weight excluding hydrogens is 292 g/mol. The SMILES string of the molecule is O=C(NCCI)c1ccoc1Cl. The number of furan rings is 1. The number of halogens is 2. The Hall–Kier alpha value is -0.230. The van der Waals surface area contributed by atoms with Crippen molar-refractivity contribution >= 4 is 40.1 Å². The van der Waals surface area contributed by atoms with Gasteiger partial charge >= 0.3 is 0 Å². The van der Waals surface area contributed by atoms with E-state index in [1.165, 1.54) is 6.26 Å². The quantitative estimate of drug-likeness (QED) is 0.686. The highest BCUT2D eigenvalue weighted by molar-refractivity contribution is 14.1. The maximum Gasteiger partial charge on any atom is 0.256 e. The number of alkyl halides is 1. The van der Waals surface area contributed by atoms with Crippen LogP contribution in [0.5, 0.6) is 0 Å². The van der Waals surface area contributed by atoms with Crippen molar-refractivity contribution in [3.63, 3.8) is 0 Å². The van der Waals surface area contributed by atoms with E-state index < -0.39 is 0 Å². The highest BCUT2D eigenvalue weighted by atomic mass is 127. The molecule has 0 radical (unpaired) electrons. The molecule has 0 aliphatic rings. The molecule has 1 rings (SSSR count). The summed E-state index contributed by atoms with van der Waals surface area (Å²) in [6.45, 7) is 0.640. The number of amides is 1. The lowest BCUT2D eigenvalue weighted by Gasteiger charge is -1.99. The average molecular weight is 299 g/mol. The van der Waals surface area contributed by atoms with E-state index in [4.69, 9.17) is 16.0 Å². The Bertz CT molecular complexity index is 274. The smallest absolute Gasteiger partial charge is 0.256 e. The van der Waals surface area contributed by atoms with Crippen molar-refractivity contribution < 1.29 is 9.21 Å². The summed E-state index contributed by atoms with van der Waals surface area (Å²) in [6, 6.07) is 1.55. The first-order valence-electron chi connectivity index (χ1n) is 3.33. The first-order chi connectivity index (χ1) is 5.75. The van der Waals surface area contributed by atoms with Crippen molar-refractivity contribution in [3.8, 4) is 0 Å². The maximum absolute atomic E-state index is 11.2. The minimum Gasteiger partial charge on any atom is -0.452 e. The van der Waals surface area contributed by atoms with E-state index in [1.54, 1.807) is 6.07 Å². The molecule has 0 spiro atoms. The van der Waals surface area contributed by atoms with Gasteiger partial charge in [-0.3, -0.25) is 4.79 Å². The molecule has 0 saturated heterocycles. The summed E-state index contributed by atoms with van der Waals surface area (Å²) in [4.78, 5) is 11.2. The topological polar surface area (TPSA) is 42.2 Å².